The summed E-state index contributed by atoms with van der Waals surface area (Å²) in [6.45, 7) is 3.56. The molecule has 5 nitrogen and oxygen atoms in total. The quantitative estimate of drug-likeness (QED) is 0.575. The number of benzene rings is 1. The van der Waals surface area contributed by atoms with E-state index < -0.39 is 5.79 Å². The monoisotopic (exact) mass is 417 g/mol. The van der Waals surface area contributed by atoms with Crippen LogP contribution in [0.3, 0.4) is 0 Å². The van der Waals surface area contributed by atoms with E-state index in [0.29, 0.717) is 16.0 Å². The number of hydrogen-bond acceptors (Lipinski definition) is 4. The Morgan fingerprint density at radius 1 is 1.25 bits per heavy atom. The SMILES string of the molecule is Cc1nc2cnccc2n1CC[C@@]12OCCC1CC(c1ccc(Cl)c(Cl)c1)O2. The molecule has 0 amide bonds. The summed E-state index contributed by atoms with van der Waals surface area (Å²) in [4.78, 5) is 8.78. The highest BCUT2D eigenvalue weighted by molar-refractivity contribution is 6.42. The molecule has 2 aromatic heterocycles. The highest BCUT2D eigenvalue weighted by Gasteiger charge is 2.53. The summed E-state index contributed by atoms with van der Waals surface area (Å²) >= 11 is 12.3. The van der Waals surface area contributed by atoms with E-state index >= 15 is 0 Å². The lowest BCUT2D eigenvalue weighted by Crippen LogP contribution is -2.34. The van der Waals surface area contributed by atoms with E-state index in [1.54, 1.807) is 12.4 Å². The maximum atomic E-state index is 6.53. The number of aromatic nitrogens is 3. The van der Waals surface area contributed by atoms with Crippen LogP contribution in [0.1, 0.15) is 36.8 Å². The second-order valence-corrected chi connectivity index (χ2v) is 8.40. The van der Waals surface area contributed by atoms with Crippen molar-refractivity contribution < 1.29 is 9.47 Å². The van der Waals surface area contributed by atoms with Crippen LogP contribution in [0, 0.1) is 12.8 Å². The molecule has 3 aromatic rings. The zero-order valence-corrected chi connectivity index (χ0v) is 17.1. The van der Waals surface area contributed by atoms with Gasteiger partial charge in [0.15, 0.2) is 5.79 Å². The smallest absolute Gasteiger partial charge is 0.173 e. The molecular formula is C21H21Cl2N3O2. The van der Waals surface area contributed by atoms with Crippen molar-refractivity contribution in [2.24, 2.45) is 5.92 Å². The van der Waals surface area contributed by atoms with Crippen LogP contribution >= 0.6 is 23.2 Å². The van der Waals surface area contributed by atoms with Crippen molar-refractivity contribution >= 4 is 34.2 Å². The number of hydrogen-bond donors (Lipinski definition) is 0. The average molecular weight is 418 g/mol. The molecule has 5 rings (SSSR count). The lowest BCUT2D eigenvalue weighted by atomic mass is 9.91. The van der Waals surface area contributed by atoms with Gasteiger partial charge in [-0.3, -0.25) is 4.98 Å². The van der Waals surface area contributed by atoms with Gasteiger partial charge >= 0.3 is 0 Å². The van der Waals surface area contributed by atoms with Crippen LogP contribution in [0.2, 0.25) is 10.0 Å². The fourth-order valence-corrected chi connectivity index (χ4v) is 4.90. The number of fused-ring (bicyclic) bond motifs is 2. The van der Waals surface area contributed by atoms with E-state index in [-0.39, 0.29) is 6.10 Å². The summed E-state index contributed by atoms with van der Waals surface area (Å²) in [6, 6.07) is 7.74. The van der Waals surface area contributed by atoms with Gasteiger partial charge in [0.25, 0.3) is 0 Å². The van der Waals surface area contributed by atoms with Crippen molar-refractivity contribution in [1.29, 1.82) is 0 Å². The van der Waals surface area contributed by atoms with Gasteiger partial charge in [0.05, 0.1) is 34.5 Å². The van der Waals surface area contributed by atoms with Gasteiger partial charge in [-0.25, -0.2) is 4.98 Å². The number of halogens is 2. The molecule has 4 heterocycles. The Morgan fingerprint density at radius 2 is 2.14 bits per heavy atom. The molecule has 0 aliphatic carbocycles. The fraction of sp³-hybridized carbons (Fsp3) is 0.429. The summed E-state index contributed by atoms with van der Waals surface area (Å²) in [5, 5.41) is 1.12. The van der Waals surface area contributed by atoms with Crippen molar-refractivity contribution in [1.82, 2.24) is 14.5 Å². The predicted octanol–water partition coefficient (Wildman–Crippen LogP) is 5.33. The van der Waals surface area contributed by atoms with Crippen LogP contribution in [-0.4, -0.2) is 26.9 Å². The zero-order valence-electron chi connectivity index (χ0n) is 15.6. The third-order valence-corrected chi connectivity index (χ3v) is 6.75. The average Bonchev–Trinajstić information content (AvgIpc) is 3.32. The zero-order chi connectivity index (χ0) is 19.3. The van der Waals surface area contributed by atoms with Crippen molar-refractivity contribution in [3.63, 3.8) is 0 Å². The van der Waals surface area contributed by atoms with Crippen molar-refractivity contribution in [3.05, 3.63) is 58.1 Å². The number of aryl methyl sites for hydroxylation is 2. The minimum Gasteiger partial charge on any atom is -0.350 e. The molecule has 146 valence electrons. The normalized spacial score (nSPS) is 26.8. The Labute approximate surface area is 173 Å². The molecule has 2 aliphatic heterocycles. The minimum absolute atomic E-state index is 0.0232. The molecule has 0 saturated carbocycles. The molecule has 1 aromatic carbocycles. The fourth-order valence-electron chi connectivity index (χ4n) is 4.59. The summed E-state index contributed by atoms with van der Waals surface area (Å²) in [5.74, 6) is 0.809. The third-order valence-electron chi connectivity index (χ3n) is 6.02. The standard InChI is InChI=1S/C21H21Cl2N3O2/c1-13-25-18-12-24-7-4-19(18)26(13)8-6-21-15(5-9-27-21)11-20(28-21)14-2-3-16(22)17(23)10-14/h2-4,7,10,12,15,20H,5-6,8-9,11H2,1H3/t15?,20?,21-/m0/s1. The highest BCUT2D eigenvalue weighted by atomic mass is 35.5. The molecule has 2 aliphatic rings. The molecule has 28 heavy (non-hydrogen) atoms. The number of pyridine rings is 1. The molecule has 3 atom stereocenters. The number of imidazole rings is 1. The molecule has 0 radical (unpaired) electrons. The van der Waals surface area contributed by atoms with Gasteiger partial charge in [-0.1, -0.05) is 29.3 Å². The second kappa shape index (κ2) is 6.99. The Balaban J connectivity index is 1.39. The van der Waals surface area contributed by atoms with Crippen molar-refractivity contribution in [3.8, 4) is 0 Å². The molecule has 2 fully saturated rings. The van der Waals surface area contributed by atoms with Crippen molar-refractivity contribution in [2.45, 2.75) is 44.6 Å². The third kappa shape index (κ3) is 3.01. The lowest BCUT2D eigenvalue weighted by molar-refractivity contribution is -0.220. The number of ether oxygens (including phenoxy) is 2. The molecule has 2 unspecified atom stereocenters. The van der Waals surface area contributed by atoms with Gasteiger partial charge in [0.2, 0.25) is 0 Å². The molecular weight excluding hydrogens is 397 g/mol. The second-order valence-electron chi connectivity index (χ2n) is 7.59. The minimum atomic E-state index is -0.549. The van der Waals surface area contributed by atoms with E-state index in [9.17, 15) is 0 Å². The largest absolute Gasteiger partial charge is 0.350 e. The first-order valence-electron chi connectivity index (χ1n) is 9.59. The topological polar surface area (TPSA) is 49.2 Å². The Morgan fingerprint density at radius 3 is 3.00 bits per heavy atom. The molecule has 0 N–H and O–H groups in total. The van der Waals surface area contributed by atoms with Crippen molar-refractivity contribution in [2.75, 3.05) is 6.61 Å². The van der Waals surface area contributed by atoms with Gasteiger partial charge in [0.1, 0.15) is 11.3 Å². The van der Waals surface area contributed by atoms with Crippen LogP contribution in [0.25, 0.3) is 11.0 Å². The van der Waals surface area contributed by atoms with Gasteiger partial charge < -0.3 is 14.0 Å². The molecule has 7 heteroatoms. The van der Waals surface area contributed by atoms with Gasteiger partial charge in [0, 0.05) is 25.1 Å². The van der Waals surface area contributed by atoms with E-state index in [1.165, 1.54) is 0 Å². The van der Waals surface area contributed by atoms with Gasteiger partial charge in [-0.15, -0.1) is 0 Å². The summed E-state index contributed by atoms with van der Waals surface area (Å²) in [5.41, 5.74) is 3.07. The molecule has 2 saturated heterocycles. The highest BCUT2D eigenvalue weighted by Crippen LogP contribution is 2.51. The van der Waals surface area contributed by atoms with Crippen LogP contribution in [0.5, 0.6) is 0 Å². The number of rotatable bonds is 4. The van der Waals surface area contributed by atoms with Crippen LogP contribution in [0.15, 0.2) is 36.7 Å². The Hall–Kier alpha value is -1.66. The summed E-state index contributed by atoms with van der Waals surface area (Å²) < 4.78 is 14.9. The first-order valence-corrected chi connectivity index (χ1v) is 10.3. The maximum absolute atomic E-state index is 6.53. The maximum Gasteiger partial charge on any atom is 0.173 e. The summed E-state index contributed by atoms with van der Waals surface area (Å²) in [7, 11) is 0. The van der Waals surface area contributed by atoms with Crippen LogP contribution in [0.4, 0.5) is 0 Å². The Bertz CT molecular complexity index is 1040. The van der Waals surface area contributed by atoms with Crippen LogP contribution in [-0.2, 0) is 16.0 Å². The van der Waals surface area contributed by atoms with Crippen LogP contribution < -0.4 is 0 Å². The predicted molar refractivity (Wildman–Crippen MR) is 109 cm³/mol. The molecule has 0 spiro atoms. The Kier molecular flexibility index (Phi) is 4.59. The first kappa shape index (κ1) is 18.4. The molecule has 0 bridgehead atoms. The van der Waals surface area contributed by atoms with Gasteiger partial charge in [-0.05, 0) is 43.5 Å². The summed E-state index contributed by atoms with van der Waals surface area (Å²) in [6.07, 6.45) is 6.32. The van der Waals surface area contributed by atoms with E-state index in [4.69, 9.17) is 32.7 Å². The van der Waals surface area contributed by atoms with Gasteiger partial charge in [-0.2, -0.15) is 0 Å². The lowest BCUT2D eigenvalue weighted by Gasteiger charge is -2.29. The first-order chi connectivity index (χ1) is 13.6. The van der Waals surface area contributed by atoms with E-state index in [0.717, 1.165) is 54.8 Å². The van der Waals surface area contributed by atoms with E-state index in [2.05, 4.69) is 14.5 Å². The number of nitrogens with zero attached hydrogens (tertiary/aromatic N) is 3. The van der Waals surface area contributed by atoms with E-state index in [1.807, 2.05) is 31.2 Å².